The van der Waals surface area contributed by atoms with Crippen LogP contribution in [0.2, 0.25) is 0 Å². The lowest BCUT2D eigenvalue weighted by molar-refractivity contribution is 0.102. The summed E-state index contributed by atoms with van der Waals surface area (Å²) in [6.07, 6.45) is 0. The molecule has 0 aliphatic heterocycles. The average molecular weight is 335 g/mol. The molecule has 0 saturated heterocycles. The molecule has 0 unspecified atom stereocenters. The Labute approximate surface area is 140 Å². The Bertz CT molecular complexity index is 747. The largest absolute Gasteiger partial charge is 0.307 e. The third-order valence-corrected chi connectivity index (χ3v) is 3.48. The second-order valence-electron chi connectivity index (χ2n) is 7.86. The van der Waals surface area contributed by atoms with E-state index in [0.29, 0.717) is 5.82 Å². The van der Waals surface area contributed by atoms with Crippen molar-refractivity contribution in [1.29, 1.82) is 0 Å². The molecule has 0 atom stereocenters. The van der Waals surface area contributed by atoms with Crippen LogP contribution in [0.4, 0.5) is 14.6 Å². The van der Waals surface area contributed by atoms with Crippen molar-refractivity contribution in [2.24, 2.45) is 0 Å². The quantitative estimate of drug-likeness (QED) is 0.880. The molecule has 4 nitrogen and oxygen atoms in total. The summed E-state index contributed by atoms with van der Waals surface area (Å²) in [5, 5.41) is 7.30. The number of anilines is 1. The van der Waals surface area contributed by atoms with Crippen LogP contribution in [-0.2, 0) is 11.0 Å². The van der Waals surface area contributed by atoms with Crippen molar-refractivity contribution in [3.63, 3.8) is 0 Å². The fourth-order valence-electron chi connectivity index (χ4n) is 2.22. The van der Waals surface area contributed by atoms with E-state index in [2.05, 4.69) is 10.4 Å². The zero-order valence-electron chi connectivity index (χ0n) is 14.9. The molecule has 24 heavy (non-hydrogen) atoms. The molecule has 2 aromatic rings. The maximum atomic E-state index is 13.3. The predicted octanol–water partition coefficient (Wildman–Crippen LogP) is 4.47. The van der Waals surface area contributed by atoms with E-state index in [9.17, 15) is 13.6 Å². The van der Waals surface area contributed by atoms with Gasteiger partial charge in [0.15, 0.2) is 0 Å². The highest BCUT2D eigenvalue weighted by Crippen LogP contribution is 2.28. The first-order valence-electron chi connectivity index (χ1n) is 7.76. The van der Waals surface area contributed by atoms with Gasteiger partial charge in [-0.05, 0) is 32.9 Å². The first kappa shape index (κ1) is 18.1. The summed E-state index contributed by atoms with van der Waals surface area (Å²) in [5.41, 5.74) is 0.185. The van der Waals surface area contributed by atoms with E-state index in [1.165, 1.54) is 0 Å². The number of nitrogens with one attached hydrogen (secondary N) is 1. The summed E-state index contributed by atoms with van der Waals surface area (Å²) in [5.74, 6) is -1.68. The zero-order chi connectivity index (χ0) is 18.3. The van der Waals surface area contributed by atoms with E-state index in [1.54, 1.807) is 10.7 Å². The minimum atomic E-state index is -0.792. The lowest BCUT2D eigenvalue weighted by Crippen LogP contribution is -2.27. The number of aromatic nitrogens is 2. The van der Waals surface area contributed by atoms with Crippen LogP contribution in [0.1, 0.15) is 57.6 Å². The van der Waals surface area contributed by atoms with Crippen molar-refractivity contribution in [3.8, 4) is 0 Å². The van der Waals surface area contributed by atoms with E-state index < -0.39 is 17.5 Å². The number of amides is 1. The Hall–Kier alpha value is -2.24. The van der Waals surface area contributed by atoms with Crippen LogP contribution in [0.25, 0.3) is 0 Å². The first-order chi connectivity index (χ1) is 10.9. The van der Waals surface area contributed by atoms with Crippen LogP contribution in [0.15, 0.2) is 24.3 Å². The molecule has 0 radical (unpaired) electrons. The van der Waals surface area contributed by atoms with Gasteiger partial charge in [-0.2, -0.15) is 5.10 Å². The van der Waals surface area contributed by atoms with Crippen LogP contribution >= 0.6 is 0 Å². The van der Waals surface area contributed by atoms with Crippen molar-refractivity contribution < 1.29 is 13.6 Å². The van der Waals surface area contributed by atoms with Gasteiger partial charge in [0, 0.05) is 23.1 Å². The Morgan fingerprint density at radius 2 is 1.54 bits per heavy atom. The molecule has 0 saturated carbocycles. The monoisotopic (exact) mass is 335 g/mol. The molecule has 1 N–H and O–H groups in total. The van der Waals surface area contributed by atoms with Gasteiger partial charge in [0.1, 0.15) is 17.5 Å². The molecule has 1 aromatic carbocycles. The maximum Gasteiger partial charge on any atom is 0.257 e. The SMILES string of the molecule is CC(C)(C)c1cc(NC(=O)c2cc(F)cc(F)c2)n(C(C)(C)C)n1. The molecule has 0 aliphatic carbocycles. The normalized spacial score (nSPS) is 12.3. The van der Waals surface area contributed by atoms with Gasteiger partial charge in [-0.15, -0.1) is 0 Å². The highest BCUT2D eigenvalue weighted by Gasteiger charge is 2.26. The third kappa shape index (κ3) is 3.99. The Morgan fingerprint density at radius 3 is 2.00 bits per heavy atom. The lowest BCUT2D eigenvalue weighted by atomic mass is 9.92. The zero-order valence-corrected chi connectivity index (χ0v) is 14.9. The van der Waals surface area contributed by atoms with E-state index in [0.717, 1.165) is 23.9 Å². The first-order valence-corrected chi connectivity index (χ1v) is 7.76. The third-order valence-electron chi connectivity index (χ3n) is 3.48. The number of nitrogens with zero attached hydrogens (tertiary/aromatic N) is 2. The van der Waals surface area contributed by atoms with Gasteiger partial charge >= 0.3 is 0 Å². The molecular formula is C18H23F2N3O. The topological polar surface area (TPSA) is 46.9 Å². The Morgan fingerprint density at radius 1 is 1.00 bits per heavy atom. The molecule has 0 bridgehead atoms. The van der Waals surface area contributed by atoms with Crippen LogP contribution in [0.3, 0.4) is 0 Å². The molecule has 0 fully saturated rings. The second kappa shape index (κ2) is 6.00. The number of hydrogen-bond donors (Lipinski definition) is 1. The number of hydrogen-bond acceptors (Lipinski definition) is 2. The highest BCUT2D eigenvalue weighted by atomic mass is 19.1. The molecule has 1 amide bonds. The molecule has 2 rings (SSSR count). The van der Waals surface area contributed by atoms with Crippen LogP contribution in [-0.4, -0.2) is 15.7 Å². The summed E-state index contributed by atoms with van der Waals surface area (Å²) in [6.45, 7) is 12.0. The number of benzene rings is 1. The second-order valence-corrected chi connectivity index (χ2v) is 7.86. The average Bonchev–Trinajstić information content (AvgIpc) is 2.81. The summed E-state index contributed by atoms with van der Waals surface area (Å²) >= 11 is 0. The van der Waals surface area contributed by atoms with Gasteiger partial charge in [-0.1, -0.05) is 20.8 Å². The highest BCUT2D eigenvalue weighted by molar-refractivity contribution is 6.03. The summed E-state index contributed by atoms with van der Waals surface area (Å²) < 4.78 is 28.3. The van der Waals surface area contributed by atoms with Crippen LogP contribution < -0.4 is 5.32 Å². The van der Waals surface area contributed by atoms with E-state index >= 15 is 0 Å². The minimum Gasteiger partial charge on any atom is -0.307 e. The van der Waals surface area contributed by atoms with Crippen molar-refractivity contribution in [2.45, 2.75) is 52.5 Å². The Kier molecular flexibility index (Phi) is 4.52. The van der Waals surface area contributed by atoms with Crippen molar-refractivity contribution in [3.05, 3.63) is 47.2 Å². The predicted molar refractivity (Wildman–Crippen MR) is 90.2 cm³/mol. The number of carbonyl (C=O) groups is 1. The Balaban J connectivity index is 2.41. The van der Waals surface area contributed by atoms with E-state index in [4.69, 9.17) is 0 Å². The minimum absolute atomic E-state index is 0.0773. The summed E-state index contributed by atoms with van der Waals surface area (Å²) in [6, 6.07) is 4.52. The van der Waals surface area contributed by atoms with Gasteiger partial charge in [0.2, 0.25) is 0 Å². The standard InChI is InChI=1S/C18H23F2N3O/c1-17(2,3)14-10-15(23(22-14)18(4,5)6)21-16(24)11-7-12(19)9-13(20)8-11/h7-10H,1-6H3,(H,21,24). The van der Waals surface area contributed by atoms with E-state index in [1.807, 2.05) is 41.5 Å². The van der Waals surface area contributed by atoms with Gasteiger partial charge < -0.3 is 5.32 Å². The smallest absolute Gasteiger partial charge is 0.257 e. The maximum absolute atomic E-state index is 13.3. The summed E-state index contributed by atoms with van der Waals surface area (Å²) in [7, 11) is 0. The van der Waals surface area contributed by atoms with Crippen molar-refractivity contribution in [1.82, 2.24) is 9.78 Å². The molecule has 6 heteroatoms. The van der Waals surface area contributed by atoms with E-state index in [-0.39, 0.29) is 16.5 Å². The fourth-order valence-corrected chi connectivity index (χ4v) is 2.22. The van der Waals surface area contributed by atoms with Crippen molar-refractivity contribution >= 4 is 11.7 Å². The van der Waals surface area contributed by atoms with Crippen LogP contribution in [0.5, 0.6) is 0 Å². The molecule has 0 aliphatic rings. The molecule has 1 aromatic heterocycles. The molecule has 0 spiro atoms. The number of halogens is 2. The van der Waals surface area contributed by atoms with Gasteiger partial charge in [0.25, 0.3) is 5.91 Å². The van der Waals surface area contributed by atoms with Crippen molar-refractivity contribution in [2.75, 3.05) is 5.32 Å². The molecule has 130 valence electrons. The van der Waals surface area contributed by atoms with Gasteiger partial charge in [-0.25, -0.2) is 13.5 Å². The molecule has 1 heterocycles. The lowest BCUT2D eigenvalue weighted by Gasteiger charge is -2.23. The molecular weight excluding hydrogens is 312 g/mol. The summed E-state index contributed by atoms with van der Waals surface area (Å²) in [4.78, 5) is 12.4. The van der Waals surface area contributed by atoms with Gasteiger partial charge in [-0.3, -0.25) is 4.79 Å². The van der Waals surface area contributed by atoms with Crippen LogP contribution in [0, 0.1) is 11.6 Å². The number of rotatable bonds is 2. The number of carbonyl (C=O) groups excluding carboxylic acids is 1. The van der Waals surface area contributed by atoms with Gasteiger partial charge in [0.05, 0.1) is 11.2 Å². The fraction of sp³-hybridized carbons (Fsp3) is 0.444.